The zero-order valence-corrected chi connectivity index (χ0v) is 19.8. The third-order valence-corrected chi connectivity index (χ3v) is 6.38. The molecule has 0 aromatic heterocycles. The molecule has 0 radical (unpaired) electrons. The number of hydrogen-bond acceptors (Lipinski definition) is 6. The van der Waals surface area contributed by atoms with E-state index in [1.807, 2.05) is 42.5 Å². The zero-order valence-electron chi connectivity index (χ0n) is 18.2. The first kappa shape index (κ1) is 24.2. The number of rotatable bonds is 11. The van der Waals surface area contributed by atoms with E-state index in [9.17, 15) is 4.79 Å². The van der Waals surface area contributed by atoms with Gasteiger partial charge in [-0.05, 0) is 74.5 Å². The van der Waals surface area contributed by atoms with E-state index in [-0.39, 0.29) is 5.91 Å². The number of ether oxygens (including phenoxy) is 1. The SMILES string of the molecule is CN/C(=C\C=N)c1cc(NC(=O)CSc2ccc(Cl)cc2)ccc1OCCN1CCCC1. The second-order valence-electron chi connectivity index (χ2n) is 7.40. The van der Waals surface area contributed by atoms with Crippen LogP contribution < -0.4 is 15.4 Å². The Morgan fingerprint density at radius 2 is 1.97 bits per heavy atom. The topological polar surface area (TPSA) is 77.5 Å². The molecule has 3 N–H and O–H groups in total. The lowest BCUT2D eigenvalue weighted by Gasteiger charge is -2.18. The van der Waals surface area contributed by atoms with Crippen LogP contribution in [0.2, 0.25) is 5.02 Å². The lowest BCUT2D eigenvalue weighted by molar-refractivity contribution is -0.113. The summed E-state index contributed by atoms with van der Waals surface area (Å²) in [5.74, 6) is 0.918. The van der Waals surface area contributed by atoms with Crippen molar-refractivity contribution in [3.63, 3.8) is 0 Å². The van der Waals surface area contributed by atoms with E-state index < -0.39 is 0 Å². The summed E-state index contributed by atoms with van der Waals surface area (Å²) >= 11 is 7.36. The van der Waals surface area contributed by atoms with Gasteiger partial charge in [0, 0.05) is 46.7 Å². The fourth-order valence-electron chi connectivity index (χ4n) is 3.50. The third kappa shape index (κ3) is 7.29. The number of anilines is 1. The largest absolute Gasteiger partial charge is 0.492 e. The van der Waals surface area contributed by atoms with E-state index in [2.05, 4.69) is 15.5 Å². The molecule has 1 aliphatic rings. The Morgan fingerprint density at radius 3 is 2.66 bits per heavy atom. The van der Waals surface area contributed by atoms with E-state index in [4.69, 9.17) is 21.7 Å². The Balaban J connectivity index is 1.65. The minimum Gasteiger partial charge on any atom is -0.492 e. The number of hydrogen-bond donors (Lipinski definition) is 3. The Kier molecular flexibility index (Phi) is 9.46. The van der Waals surface area contributed by atoms with Crippen LogP contribution in [0.4, 0.5) is 5.69 Å². The Bertz CT molecular complexity index is 944. The predicted octanol–water partition coefficient (Wildman–Crippen LogP) is 4.76. The average Bonchev–Trinajstić information content (AvgIpc) is 3.31. The minimum atomic E-state index is -0.0966. The summed E-state index contributed by atoms with van der Waals surface area (Å²) in [6, 6.07) is 13.0. The number of nitrogens with zero attached hydrogens (tertiary/aromatic N) is 1. The fourth-order valence-corrected chi connectivity index (χ4v) is 4.33. The zero-order chi connectivity index (χ0) is 22.8. The normalized spacial score (nSPS) is 14.2. The van der Waals surface area contributed by atoms with Crippen LogP contribution in [0.3, 0.4) is 0 Å². The first-order valence-corrected chi connectivity index (χ1v) is 12.0. The molecule has 2 aromatic carbocycles. The molecule has 1 amide bonds. The molecule has 0 atom stereocenters. The quantitative estimate of drug-likeness (QED) is 0.325. The van der Waals surface area contributed by atoms with E-state index >= 15 is 0 Å². The van der Waals surface area contributed by atoms with Gasteiger partial charge in [0.25, 0.3) is 0 Å². The first-order valence-electron chi connectivity index (χ1n) is 10.7. The molecule has 0 bridgehead atoms. The second kappa shape index (κ2) is 12.5. The maximum Gasteiger partial charge on any atom is 0.234 e. The van der Waals surface area contributed by atoms with Crippen molar-refractivity contribution in [1.82, 2.24) is 10.2 Å². The van der Waals surface area contributed by atoms with Crippen molar-refractivity contribution >= 4 is 46.9 Å². The number of thioether (sulfide) groups is 1. The van der Waals surface area contributed by atoms with Crippen LogP contribution in [0.15, 0.2) is 53.4 Å². The summed E-state index contributed by atoms with van der Waals surface area (Å²) in [5, 5.41) is 14.2. The number of amides is 1. The average molecular weight is 473 g/mol. The van der Waals surface area contributed by atoms with Gasteiger partial charge in [0.2, 0.25) is 5.91 Å². The van der Waals surface area contributed by atoms with E-state index in [0.29, 0.717) is 23.1 Å². The minimum absolute atomic E-state index is 0.0966. The third-order valence-electron chi connectivity index (χ3n) is 5.12. The predicted molar refractivity (Wildman–Crippen MR) is 134 cm³/mol. The molecular formula is C24H29ClN4O2S. The van der Waals surface area contributed by atoms with E-state index in [1.54, 1.807) is 13.1 Å². The summed E-state index contributed by atoms with van der Waals surface area (Å²) in [6.45, 7) is 3.75. The number of benzene rings is 2. The number of carbonyl (C=O) groups excluding carboxylic acids is 1. The first-order chi connectivity index (χ1) is 15.6. The number of allylic oxidation sites excluding steroid dienone is 1. The highest BCUT2D eigenvalue weighted by Crippen LogP contribution is 2.28. The van der Waals surface area contributed by atoms with Gasteiger partial charge in [-0.2, -0.15) is 0 Å². The van der Waals surface area contributed by atoms with Crippen LogP contribution in [0, 0.1) is 5.41 Å². The smallest absolute Gasteiger partial charge is 0.234 e. The molecule has 32 heavy (non-hydrogen) atoms. The monoisotopic (exact) mass is 472 g/mol. The van der Waals surface area contributed by atoms with E-state index in [1.165, 1.54) is 30.8 Å². The highest BCUT2D eigenvalue weighted by atomic mass is 35.5. The van der Waals surface area contributed by atoms with Crippen molar-refractivity contribution in [1.29, 1.82) is 5.41 Å². The van der Waals surface area contributed by atoms with Gasteiger partial charge in [-0.1, -0.05) is 11.6 Å². The molecule has 0 unspecified atom stereocenters. The summed E-state index contributed by atoms with van der Waals surface area (Å²) in [5.41, 5.74) is 2.24. The number of halogens is 1. The Hall–Kier alpha value is -2.48. The molecule has 0 aliphatic carbocycles. The van der Waals surface area contributed by atoms with Crippen LogP contribution in [-0.2, 0) is 4.79 Å². The van der Waals surface area contributed by atoms with Gasteiger partial charge in [-0.3, -0.25) is 9.69 Å². The van der Waals surface area contributed by atoms with Crippen LogP contribution >= 0.6 is 23.4 Å². The van der Waals surface area contributed by atoms with Crippen LogP contribution in [0.5, 0.6) is 5.75 Å². The number of likely N-dealkylation sites (tertiary alicyclic amines) is 1. The standard InChI is InChI=1S/C24H29ClN4O2S/c1-27-22(10-11-26)21-16-19(6-9-23(21)31-15-14-29-12-2-3-13-29)28-24(30)17-32-20-7-4-18(25)5-8-20/h4-11,16,26-27H,2-3,12-15,17H2,1H3,(H,28,30)/b22-10-,26-11?. The lowest BCUT2D eigenvalue weighted by atomic mass is 10.1. The highest BCUT2D eigenvalue weighted by molar-refractivity contribution is 8.00. The van der Waals surface area contributed by atoms with Gasteiger partial charge >= 0.3 is 0 Å². The maximum atomic E-state index is 12.5. The van der Waals surface area contributed by atoms with Gasteiger partial charge < -0.3 is 20.8 Å². The van der Waals surface area contributed by atoms with Crippen molar-refractivity contribution in [3.05, 3.63) is 59.1 Å². The molecule has 0 spiro atoms. The van der Waals surface area contributed by atoms with Crippen LogP contribution in [0.25, 0.3) is 5.70 Å². The van der Waals surface area contributed by atoms with Crippen molar-refractivity contribution in [2.75, 3.05) is 44.4 Å². The van der Waals surface area contributed by atoms with Gasteiger partial charge in [-0.15, -0.1) is 11.8 Å². The molecule has 1 heterocycles. The van der Waals surface area contributed by atoms with Gasteiger partial charge in [0.05, 0.1) is 5.75 Å². The Morgan fingerprint density at radius 1 is 1.22 bits per heavy atom. The second-order valence-corrected chi connectivity index (χ2v) is 8.88. The highest BCUT2D eigenvalue weighted by Gasteiger charge is 2.14. The number of nitrogens with one attached hydrogen (secondary N) is 3. The molecule has 1 aliphatic heterocycles. The molecule has 1 fully saturated rings. The van der Waals surface area contributed by atoms with Crippen molar-refractivity contribution in [2.45, 2.75) is 17.7 Å². The van der Waals surface area contributed by atoms with Crippen LogP contribution in [0.1, 0.15) is 18.4 Å². The maximum absolute atomic E-state index is 12.5. The molecule has 3 rings (SSSR count). The summed E-state index contributed by atoms with van der Waals surface area (Å²) in [6.07, 6.45) is 5.41. The molecule has 170 valence electrons. The molecule has 2 aromatic rings. The molecule has 6 nitrogen and oxygen atoms in total. The van der Waals surface area contributed by atoms with Gasteiger partial charge in [0.15, 0.2) is 0 Å². The van der Waals surface area contributed by atoms with Crippen molar-refractivity contribution in [3.8, 4) is 5.75 Å². The fraction of sp³-hybridized carbons (Fsp3) is 0.333. The summed E-state index contributed by atoms with van der Waals surface area (Å²) in [4.78, 5) is 15.9. The Labute approximate surface area is 198 Å². The number of carbonyl (C=O) groups is 1. The molecule has 1 saturated heterocycles. The summed E-state index contributed by atoms with van der Waals surface area (Å²) < 4.78 is 6.08. The molecular weight excluding hydrogens is 444 g/mol. The molecule has 0 saturated carbocycles. The van der Waals surface area contributed by atoms with Crippen LogP contribution in [-0.4, -0.2) is 56.1 Å². The van der Waals surface area contributed by atoms with Gasteiger partial charge in [-0.25, -0.2) is 0 Å². The summed E-state index contributed by atoms with van der Waals surface area (Å²) in [7, 11) is 1.80. The van der Waals surface area contributed by atoms with E-state index in [0.717, 1.165) is 41.5 Å². The lowest BCUT2D eigenvalue weighted by Crippen LogP contribution is -2.25. The van der Waals surface area contributed by atoms with Crippen molar-refractivity contribution < 1.29 is 9.53 Å². The van der Waals surface area contributed by atoms with Gasteiger partial charge in [0.1, 0.15) is 12.4 Å². The van der Waals surface area contributed by atoms with Crippen molar-refractivity contribution in [2.24, 2.45) is 0 Å². The molecule has 8 heteroatoms.